The second-order valence-corrected chi connectivity index (χ2v) is 4.83. The van der Waals surface area contributed by atoms with Gasteiger partial charge in [0.25, 0.3) is 0 Å². The molecule has 0 radical (unpaired) electrons. The number of rotatable bonds is 3. The van der Waals surface area contributed by atoms with Crippen molar-refractivity contribution in [2.45, 2.75) is 32.9 Å². The summed E-state index contributed by atoms with van der Waals surface area (Å²) in [5, 5.41) is 7.61. The minimum absolute atomic E-state index is 0.0234. The van der Waals surface area contributed by atoms with E-state index in [1.165, 1.54) is 0 Å². The molecule has 4 nitrogen and oxygen atoms in total. The molecule has 0 aliphatic heterocycles. The van der Waals surface area contributed by atoms with Gasteiger partial charge < -0.3 is 9.73 Å². The highest BCUT2D eigenvalue weighted by Gasteiger charge is 2.13. The summed E-state index contributed by atoms with van der Waals surface area (Å²) in [5.41, 5.74) is 2.18. The largest absolute Gasteiger partial charge is 0.472 e. The van der Waals surface area contributed by atoms with Gasteiger partial charge in [-0.15, -0.1) is 0 Å². The molecule has 4 heteroatoms. The standard InChI is InChI=1S/C12H17N3O/c1-12(2,3)15-8-11(7-14-15)13-6-10-4-5-16-9-10/h4-5,7-9,13H,6H2,1-3H3. The van der Waals surface area contributed by atoms with Crippen molar-refractivity contribution in [1.29, 1.82) is 0 Å². The molecule has 2 aromatic heterocycles. The van der Waals surface area contributed by atoms with Crippen LogP contribution in [0, 0.1) is 0 Å². The number of nitrogens with zero attached hydrogens (tertiary/aromatic N) is 2. The van der Waals surface area contributed by atoms with Crippen LogP contribution < -0.4 is 5.32 Å². The predicted molar refractivity (Wildman–Crippen MR) is 63.3 cm³/mol. The summed E-state index contributed by atoms with van der Waals surface area (Å²) in [6.07, 6.45) is 7.27. The molecule has 0 spiro atoms. The van der Waals surface area contributed by atoms with Crippen molar-refractivity contribution in [1.82, 2.24) is 9.78 Å². The summed E-state index contributed by atoms with van der Waals surface area (Å²) < 4.78 is 6.95. The molecule has 2 heterocycles. The van der Waals surface area contributed by atoms with Crippen molar-refractivity contribution in [3.63, 3.8) is 0 Å². The van der Waals surface area contributed by atoms with Crippen LogP contribution >= 0.6 is 0 Å². The highest BCUT2D eigenvalue weighted by Crippen LogP contribution is 2.16. The highest BCUT2D eigenvalue weighted by molar-refractivity contribution is 5.39. The molecule has 0 bridgehead atoms. The van der Waals surface area contributed by atoms with Gasteiger partial charge in [0.2, 0.25) is 0 Å². The first kappa shape index (κ1) is 10.8. The van der Waals surface area contributed by atoms with E-state index in [2.05, 4.69) is 31.2 Å². The van der Waals surface area contributed by atoms with Crippen LogP contribution in [0.5, 0.6) is 0 Å². The minimum Gasteiger partial charge on any atom is -0.472 e. The topological polar surface area (TPSA) is 43.0 Å². The second kappa shape index (κ2) is 4.04. The van der Waals surface area contributed by atoms with Gasteiger partial charge in [0, 0.05) is 18.3 Å². The number of hydrogen-bond donors (Lipinski definition) is 1. The normalized spacial score (nSPS) is 11.7. The molecule has 0 saturated carbocycles. The first-order valence-corrected chi connectivity index (χ1v) is 5.36. The molecule has 0 aromatic carbocycles. The van der Waals surface area contributed by atoms with E-state index in [0.29, 0.717) is 0 Å². The SMILES string of the molecule is CC(C)(C)n1cc(NCc2ccoc2)cn1. The number of furan rings is 1. The molecule has 86 valence electrons. The molecular formula is C12H17N3O. The van der Waals surface area contributed by atoms with Crippen molar-refractivity contribution in [3.8, 4) is 0 Å². The Kier molecular flexibility index (Phi) is 2.73. The van der Waals surface area contributed by atoms with Gasteiger partial charge in [-0.2, -0.15) is 5.10 Å². The number of nitrogens with one attached hydrogen (secondary N) is 1. The molecule has 2 aromatic rings. The monoisotopic (exact) mass is 219 g/mol. The predicted octanol–water partition coefficient (Wildman–Crippen LogP) is 2.84. The van der Waals surface area contributed by atoms with E-state index in [1.54, 1.807) is 12.5 Å². The van der Waals surface area contributed by atoms with Crippen LogP contribution in [0.25, 0.3) is 0 Å². The Morgan fingerprint density at radius 2 is 2.25 bits per heavy atom. The van der Waals surface area contributed by atoms with Crippen LogP contribution in [0.3, 0.4) is 0 Å². The van der Waals surface area contributed by atoms with E-state index in [9.17, 15) is 0 Å². The van der Waals surface area contributed by atoms with E-state index in [0.717, 1.165) is 17.8 Å². The van der Waals surface area contributed by atoms with E-state index < -0.39 is 0 Å². The van der Waals surface area contributed by atoms with Gasteiger partial charge in [0.15, 0.2) is 0 Å². The Hall–Kier alpha value is -1.71. The number of anilines is 1. The van der Waals surface area contributed by atoms with Crippen LogP contribution in [-0.4, -0.2) is 9.78 Å². The summed E-state index contributed by atoms with van der Waals surface area (Å²) in [5.74, 6) is 0. The molecular weight excluding hydrogens is 202 g/mol. The van der Waals surface area contributed by atoms with Gasteiger partial charge in [0.05, 0.1) is 29.9 Å². The lowest BCUT2D eigenvalue weighted by Crippen LogP contribution is -2.21. The maximum Gasteiger partial charge on any atom is 0.0952 e. The van der Waals surface area contributed by atoms with Crippen molar-refractivity contribution in [2.24, 2.45) is 0 Å². The molecule has 0 aliphatic rings. The van der Waals surface area contributed by atoms with Crippen LogP contribution in [0.4, 0.5) is 5.69 Å². The lowest BCUT2D eigenvalue weighted by molar-refractivity contribution is 0.355. The molecule has 0 saturated heterocycles. The molecule has 0 atom stereocenters. The van der Waals surface area contributed by atoms with Crippen molar-refractivity contribution in [3.05, 3.63) is 36.5 Å². The van der Waals surface area contributed by atoms with Gasteiger partial charge in [-0.1, -0.05) is 0 Å². The third kappa shape index (κ3) is 2.45. The Balaban J connectivity index is 1.98. The molecule has 2 rings (SSSR count). The minimum atomic E-state index is 0.0234. The first-order chi connectivity index (χ1) is 7.55. The smallest absolute Gasteiger partial charge is 0.0952 e. The lowest BCUT2D eigenvalue weighted by Gasteiger charge is -2.18. The van der Waals surface area contributed by atoms with Gasteiger partial charge in [-0.25, -0.2) is 0 Å². The fourth-order valence-electron chi connectivity index (χ4n) is 1.38. The Morgan fingerprint density at radius 1 is 1.44 bits per heavy atom. The van der Waals surface area contributed by atoms with E-state index >= 15 is 0 Å². The van der Waals surface area contributed by atoms with Crippen LogP contribution in [0.2, 0.25) is 0 Å². The summed E-state index contributed by atoms with van der Waals surface area (Å²) in [6.45, 7) is 7.13. The van der Waals surface area contributed by atoms with Crippen LogP contribution in [0.1, 0.15) is 26.3 Å². The zero-order valence-electron chi connectivity index (χ0n) is 9.90. The second-order valence-electron chi connectivity index (χ2n) is 4.83. The highest BCUT2D eigenvalue weighted by atomic mass is 16.3. The maximum absolute atomic E-state index is 5.00. The summed E-state index contributed by atoms with van der Waals surface area (Å²) in [7, 11) is 0. The van der Waals surface area contributed by atoms with E-state index in [1.807, 2.05) is 23.1 Å². The van der Waals surface area contributed by atoms with E-state index in [-0.39, 0.29) is 5.54 Å². The molecule has 0 aliphatic carbocycles. The molecule has 16 heavy (non-hydrogen) atoms. The fourth-order valence-corrected chi connectivity index (χ4v) is 1.38. The van der Waals surface area contributed by atoms with Gasteiger partial charge in [-0.3, -0.25) is 4.68 Å². The quantitative estimate of drug-likeness (QED) is 0.863. The van der Waals surface area contributed by atoms with Crippen molar-refractivity contribution in [2.75, 3.05) is 5.32 Å². The Labute approximate surface area is 95.3 Å². The summed E-state index contributed by atoms with van der Waals surface area (Å²) >= 11 is 0. The molecule has 0 unspecified atom stereocenters. The molecule has 0 amide bonds. The van der Waals surface area contributed by atoms with Gasteiger partial charge in [-0.05, 0) is 26.8 Å². The summed E-state index contributed by atoms with van der Waals surface area (Å²) in [4.78, 5) is 0. The lowest BCUT2D eigenvalue weighted by atomic mass is 10.1. The fraction of sp³-hybridized carbons (Fsp3) is 0.417. The van der Waals surface area contributed by atoms with Crippen LogP contribution in [-0.2, 0) is 12.1 Å². The average molecular weight is 219 g/mol. The molecule has 0 fully saturated rings. The molecule has 1 N–H and O–H groups in total. The third-order valence-corrected chi connectivity index (χ3v) is 2.35. The maximum atomic E-state index is 5.00. The number of hydrogen-bond acceptors (Lipinski definition) is 3. The van der Waals surface area contributed by atoms with Crippen LogP contribution in [0.15, 0.2) is 35.4 Å². The zero-order valence-corrected chi connectivity index (χ0v) is 9.90. The zero-order chi connectivity index (χ0) is 11.6. The van der Waals surface area contributed by atoms with Gasteiger partial charge in [0.1, 0.15) is 0 Å². The van der Waals surface area contributed by atoms with E-state index in [4.69, 9.17) is 4.42 Å². The average Bonchev–Trinajstić information content (AvgIpc) is 2.85. The van der Waals surface area contributed by atoms with Gasteiger partial charge >= 0.3 is 0 Å². The number of aromatic nitrogens is 2. The summed E-state index contributed by atoms with van der Waals surface area (Å²) in [6, 6.07) is 1.95. The third-order valence-electron chi connectivity index (χ3n) is 2.35. The first-order valence-electron chi connectivity index (χ1n) is 5.36. The Bertz CT molecular complexity index is 437. The van der Waals surface area contributed by atoms with Crippen molar-refractivity contribution < 1.29 is 4.42 Å². The van der Waals surface area contributed by atoms with Crippen molar-refractivity contribution >= 4 is 5.69 Å². The Morgan fingerprint density at radius 3 is 2.81 bits per heavy atom.